The molecule has 0 amide bonds. The maximum Gasteiger partial charge on any atom is 0.0720 e. The Labute approximate surface area is 123 Å². The highest BCUT2D eigenvalue weighted by Crippen LogP contribution is 2.56. The van der Waals surface area contributed by atoms with Crippen LogP contribution >= 0.6 is 0 Å². The van der Waals surface area contributed by atoms with Gasteiger partial charge in [0.1, 0.15) is 0 Å². The lowest BCUT2D eigenvalue weighted by atomic mass is 9.69. The number of benzene rings is 1. The monoisotopic (exact) mass is 272 g/mol. The van der Waals surface area contributed by atoms with E-state index >= 15 is 0 Å². The van der Waals surface area contributed by atoms with Crippen molar-refractivity contribution in [3.05, 3.63) is 34.4 Å². The molecule has 0 saturated heterocycles. The SMILES string of the molecule is CCC1(C)c2cc3c(cc2C(C)(C)C1C)C(C)COC3. The third-order valence-electron chi connectivity index (χ3n) is 6.52. The van der Waals surface area contributed by atoms with Crippen LogP contribution in [-0.2, 0) is 22.2 Å². The van der Waals surface area contributed by atoms with Crippen molar-refractivity contribution in [2.45, 2.75) is 71.3 Å². The van der Waals surface area contributed by atoms with Crippen molar-refractivity contribution >= 4 is 0 Å². The van der Waals surface area contributed by atoms with Crippen molar-refractivity contribution in [1.82, 2.24) is 0 Å². The lowest BCUT2D eigenvalue weighted by Gasteiger charge is -2.35. The summed E-state index contributed by atoms with van der Waals surface area (Å²) in [5.74, 6) is 1.21. The minimum atomic E-state index is 0.271. The molecule has 0 bridgehead atoms. The quantitative estimate of drug-likeness (QED) is 0.705. The Morgan fingerprint density at radius 1 is 1.15 bits per heavy atom. The second-order valence-electron chi connectivity index (χ2n) is 7.73. The molecule has 0 saturated carbocycles. The van der Waals surface area contributed by atoms with E-state index in [0.29, 0.717) is 17.3 Å². The van der Waals surface area contributed by atoms with Crippen LogP contribution in [0.5, 0.6) is 0 Å². The molecule has 3 rings (SSSR count). The third kappa shape index (κ3) is 1.65. The van der Waals surface area contributed by atoms with Gasteiger partial charge in [-0.3, -0.25) is 0 Å². The van der Waals surface area contributed by atoms with Crippen molar-refractivity contribution in [3.8, 4) is 0 Å². The van der Waals surface area contributed by atoms with E-state index in [2.05, 4.69) is 53.7 Å². The maximum atomic E-state index is 5.75. The van der Waals surface area contributed by atoms with E-state index in [0.717, 1.165) is 13.2 Å². The van der Waals surface area contributed by atoms with E-state index in [4.69, 9.17) is 4.74 Å². The molecule has 1 nitrogen and oxygen atoms in total. The third-order valence-corrected chi connectivity index (χ3v) is 6.52. The van der Waals surface area contributed by atoms with Crippen LogP contribution in [0.2, 0.25) is 0 Å². The molecular formula is C19H28O. The van der Waals surface area contributed by atoms with Crippen LogP contribution in [0.4, 0.5) is 0 Å². The molecule has 1 aliphatic carbocycles. The van der Waals surface area contributed by atoms with Gasteiger partial charge >= 0.3 is 0 Å². The van der Waals surface area contributed by atoms with E-state index in [1.54, 1.807) is 11.1 Å². The first-order valence-corrected chi connectivity index (χ1v) is 8.08. The number of ether oxygens (including phenoxy) is 1. The molecule has 1 aromatic rings. The highest BCUT2D eigenvalue weighted by molar-refractivity contribution is 5.52. The molecule has 1 aromatic carbocycles. The Kier molecular flexibility index (Phi) is 3.06. The number of hydrogen-bond acceptors (Lipinski definition) is 1. The molecule has 1 heterocycles. The van der Waals surface area contributed by atoms with Gasteiger partial charge in [-0.15, -0.1) is 0 Å². The van der Waals surface area contributed by atoms with Crippen LogP contribution in [0.15, 0.2) is 12.1 Å². The second-order valence-corrected chi connectivity index (χ2v) is 7.73. The van der Waals surface area contributed by atoms with E-state index in [1.165, 1.54) is 17.5 Å². The van der Waals surface area contributed by atoms with E-state index < -0.39 is 0 Å². The van der Waals surface area contributed by atoms with Crippen molar-refractivity contribution in [2.24, 2.45) is 5.92 Å². The average molecular weight is 272 g/mol. The summed E-state index contributed by atoms with van der Waals surface area (Å²) < 4.78 is 5.75. The predicted octanol–water partition coefficient (Wildman–Crippen LogP) is 4.92. The van der Waals surface area contributed by atoms with E-state index in [-0.39, 0.29) is 5.41 Å². The molecule has 20 heavy (non-hydrogen) atoms. The fourth-order valence-electron chi connectivity index (χ4n) is 4.45. The molecule has 1 heteroatoms. The van der Waals surface area contributed by atoms with Gasteiger partial charge in [0.05, 0.1) is 13.2 Å². The first-order chi connectivity index (χ1) is 9.32. The first kappa shape index (κ1) is 14.1. The molecule has 3 atom stereocenters. The first-order valence-electron chi connectivity index (χ1n) is 8.08. The fraction of sp³-hybridized carbons (Fsp3) is 0.684. The van der Waals surface area contributed by atoms with Crippen molar-refractivity contribution in [1.29, 1.82) is 0 Å². The zero-order valence-corrected chi connectivity index (χ0v) is 13.8. The fourth-order valence-corrected chi connectivity index (χ4v) is 4.45. The summed E-state index contributed by atoms with van der Waals surface area (Å²) in [5, 5.41) is 0. The largest absolute Gasteiger partial charge is 0.376 e. The normalized spacial score (nSPS) is 34.7. The smallest absolute Gasteiger partial charge is 0.0720 e. The number of hydrogen-bond donors (Lipinski definition) is 0. The predicted molar refractivity (Wildman–Crippen MR) is 84.3 cm³/mol. The van der Waals surface area contributed by atoms with Crippen LogP contribution in [-0.4, -0.2) is 6.61 Å². The molecule has 0 radical (unpaired) electrons. The standard InChI is InChI=1S/C19H28O/c1-7-19(6)13(3)18(4,5)16-9-15-12(2)10-20-11-14(15)8-17(16)19/h8-9,12-13H,7,10-11H2,1-6H3. The summed E-state index contributed by atoms with van der Waals surface area (Å²) in [7, 11) is 0. The summed E-state index contributed by atoms with van der Waals surface area (Å²) in [6.45, 7) is 16.0. The molecule has 0 N–H and O–H groups in total. The Morgan fingerprint density at radius 3 is 2.50 bits per heavy atom. The summed E-state index contributed by atoms with van der Waals surface area (Å²) in [6.07, 6.45) is 1.21. The van der Waals surface area contributed by atoms with Crippen molar-refractivity contribution in [3.63, 3.8) is 0 Å². The van der Waals surface area contributed by atoms with Crippen LogP contribution in [0.1, 0.15) is 76.1 Å². The lowest BCUT2D eigenvalue weighted by molar-refractivity contribution is 0.0949. The van der Waals surface area contributed by atoms with Gasteiger partial charge in [0.15, 0.2) is 0 Å². The topological polar surface area (TPSA) is 9.23 Å². The molecule has 0 aromatic heterocycles. The molecule has 110 valence electrons. The zero-order chi connectivity index (χ0) is 14.7. The Hall–Kier alpha value is -0.820. The highest BCUT2D eigenvalue weighted by Gasteiger charge is 2.50. The van der Waals surface area contributed by atoms with E-state index in [1.807, 2.05) is 0 Å². The van der Waals surface area contributed by atoms with Gasteiger partial charge in [-0.05, 0) is 45.4 Å². The molecule has 0 fully saturated rings. The van der Waals surface area contributed by atoms with Crippen LogP contribution < -0.4 is 0 Å². The van der Waals surface area contributed by atoms with Gasteiger partial charge < -0.3 is 4.74 Å². The van der Waals surface area contributed by atoms with Crippen LogP contribution in [0, 0.1) is 5.92 Å². The molecule has 3 unspecified atom stereocenters. The highest BCUT2D eigenvalue weighted by atomic mass is 16.5. The molecule has 0 spiro atoms. The summed E-state index contributed by atoms with van der Waals surface area (Å²) in [4.78, 5) is 0. The van der Waals surface area contributed by atoms with Gasteiger partial charge in [0.25, 0.3) is 0 Å². The second kappa shape index (κ2) is 4.34. The van der Waals surface area contributed by atoms with Gasteiger partial charge in [-0.1, -0.05) is 53.7 Å². The van der Waals surface area contributed by atoms with Gasteiger partial charge in [0.2, 0.25) is 0 Å². The van der Waals surface area contributed by atoms with Gasteiger partial charge in [-0.25, -0.2) is 0 Å². The van der Waals surface area contributed by atoms with Crippen molar-refractivity contribution < 1.29 is 4.74 Å². The lowest BCUT2D eigenvalue weighted by Crippen LogP contribution is -2.32. The minimum Gasteiger partial charge on any atom is -0.376 e. The summed E-state index contributed by atoms with van der Waals surface area (Å²) in [5.41, 5.74) is 6.68. The molecular weight excluding hydrogens is 244 g/mol. The van der Waals surface area contributed by atoms with Crippen LogP contribution in [0.3, 0.4) is 0 Å². The Morgan fingerprint density at radius 2 is 1.85 bits per heavy atom. The average Bonchev–Trinajstić information content (AvgIpc) is 2.58. The Bertz CT molecular complexity index is 543. The van der Waals surface area contributed by atoms with Crippen LogP contribution in [0.25, 0.3) is 0 Å². The van der Waals surface area contributed by atoms with E-state index in [9.17, 15) is 0 Å². The number of fused-ring (bicyclic) bond motifs is 2. The van der Waals surface area contributed by atoms with Gasteiger partial charge in [-0.2, -0.15) is 0 Å². The number of rotatable bonds is 1. The molecule has 2 aliphatic rings. The minimum absolute atomic E-state index is 0.271. The Balaban J connectivity index is 2.25. The molecule has 1 aliphatic heterocycles. The zero-order valence-electron chi connectivity index (χ0n) is 13.8. The van der Waals surface area contributed by atoms with Gasteiger partial charge in [0, 0.05) is 5.92 Å². The summed E-state index contributed by atoms with van der Waals surface area (Å²) >= 11 is 0. The van der Waals surface area contributed by atoms with Crippen molar-refractivity contribution in [2.75, 3.05) is 6.61 Å². The maximum absolute atomic E-state index is 5.75. The summed E-state index contributed by atoms with van der Waals surface area (Å²) in [6, 6.07) is 4.98.